The lowest BCUT2D eigenvalue weighted by Crippen LogP contribution is -2.30. The van der Waals surface area contributed by atoms with E-state index in [1.807, 2.05) is 30.3 Å². The fourth-order valence-electron chi connectivity index (χ4n) is 1.91. The Kier molecular flexibility index (Phi) is 6.13. The SMILES string of the molecule is CC(C)CC(N)C(O)c1nnc(-c2ccccc2)o1.Cl. The molecule has 0 aliphatic heterocycles. The molecule has 5 nitrogen and oxygen atoms in total. The van der Waals surface area contributed by atoms with Crippen molar-refractivity contribution in [2.45, 2.75) is 32.4 Å². The molecule has 0 aliphatic carbocycles. The summed E-state index contributed by atoms with van der Waals surface area (Å²) >= 11 is 0. The molecule has 2 atom stereocenters. The molecule has 20 heavy (non-hydrogen) atoms. The summed E-state index contributed by atoms with van der Waals surface area (Å²) in [7, 11) is 0. The summed E-state index contributed by atoms with van der Waals surface area (Å²) in [5.74, 6) is 0.972. The molecule has 6 heteroatoms. The molecule has 0 saturated carbocycles. The van der Waals surface area contributed by atoms with Crippen molar-refractivity contribution in [1.29, 1.82) is 0 Å². The second kappa shape index (κ2) is 7.38. The van der Waals surface area contributed by atoms with Gasteiger partial charge >= 0.3 is 0 Å². The van der Waals surface area contributed by atoms with Crippen LogP contribution in [0.5, 0.6) is 0 Å². The van der Waals surface area contributed by atoms with Gasteiger partial charge in [0.1, 0.15) is 6.10 Å². The molecule has 0 fully saturated rings. The fraction of sp³-hybridized carbons (Fsp3) is 0.429. The van der Waals surface area contributed by atoms with E-state index < -0.39 is 12.1 Å². The molecule has 0 bridgehead atoms. The van der Waals surface area contributed by atoms with Crippen LogP contribution in [-0.2, 0) is 0 Å². The highest BCUT2D eigenvalue weighted by Crippen LogP contribution is 2.23. The standard InChI is InChI=1S/C14H19N3O2.ClH/c1-9(2)8-11(15)12(18)14-17-16-13(19-14)10-6-4-3-5-7-10;/h3-7,9,11-12,18H,8,15H2,1-2H3;1H. The Bertz CT molecular complexity index is 516. The number of nitrogens with zero attached hydrogens (tertiary/aromatic N) is 2. The summed E-state index contributed by atoms with van der Waals surface area (Å²) in [4.78, 5) is 0. The third-order valence-corrected chi connectivity index (χ3v) is 2.86. The van der Waals surface area contributed by atoms with E-state index in [4.69, 9.17) is 10.2 Å². The lowest BCUT2D eigenvalue weighted by Gasteiger charge is -2.17. The van der Waals surface area contributed by atoms with Crippen LogP contribution in [-0.4, -0.2) is 21.3 Å². The maximum atomic E-state index is 10.1. The third kappa shape index (κ3) is 4.03. The Morgan fingerprint density at radius 2 is 1.85 bits per heavy atom. The van der Waals surface area contributed by atoms with Crippen molar-refractivity contribution in [3.8, 4) is 11.5 Å². The van der Waals surface area contributed by atoms with Crippen molar-refractivity contribution in [3.63, 3.8) is 0 Å². The molecule has 0 amide bonds. The average molecular weight is 298 g/mol. The minimum atomic E-state index is -0.924. The lowest BCUT2D eigenvalue weighted by atomic mass is 10.0. The summed E-state index contributed by atoms with van der Waals surface area (Å²) in [5, 5.41) is 17.9. The van der Waals surface area contributed by atoms with Crippen LogP contribution in [0, 0.1) is 5.92 Å². The topological polar surface area (TPSA) is 85.2 Å². The monoisotopic (exact) mass is 297 g/mol. The Balaban J connectivity index is 0.00000200. The van der Waals surface area contributed by atoms with Crippen molar-refractivity contribution >= 4 is 12.4 Å². The molecule has 1 heterocycles. The molecular formula is C14H20ClN3O2. The highest BCUT2D eigenvalue weighted by molar-refractivity contribution is 5.85. The quantitative estimate of drug-likeness (QED) is 0.886. The first kappa shape index (κ1) is 16.6. The van der Waals surface area contributed by atoms with Gasteiger partial charge in [0.15, 0.2) is 0 Å². The molecule has 0 radical (unpaired) electrons. The molecule has 0 saturated heterocycles. The molecule has 0 aliphatic rings. The molecular weight excluding hydrogens is 278 g/mol. The van der Waals surface area contributed by atoms with Gasteiger partial charge in [-0.25, -0.2) is 0 Å². The first-order chi connectivity index (χ1) is 9.08. The van der Waals surface area contributed by atoms with Crippen LogP contribution in [0.2, 0.25) is 0 Å². The molecule has 2 unspecified atom stereocenters. The van der Waals surface area contributed by atoms with Crippen molar-refractivity contribution in [2.75, 3.05) is 0 Å². The van der Waals surface area contributed by atoms with E-state index in [-0.39, 0.29) is 18.3 Å². The van der Waals surface area contributed by atoms with Gasteiger partial charge in [-0.15, -0.1) is 22.6 Å². The Morgan fingerprint density at radius 1 is 1.20 bits per heavy atom. The van der Waals surface area contributed by atoms with E-state index >= 15 is 0 Å². The summed E-state index contributed by atoms with van der Waals surface area (Å²) in [6, 6.07) is 9.04. The second-order valence-electron chi connectivity index (χ2n) is 5.05. The minimum absolute atomic E-state index is 0. The second-order valence-corrected chi connectivity index (χ2v) is 5.05. The van der Waals surface area contributed by atoms with Crippen molar-refractivity contribution < 1.29 is 9.52 Å². The first-order valence-electron chi connectivity index (χ1n) is 6.40. The normalized spacial score (nSPS) is 13.8. The van der Waals surface area contributed by atoms with Crippen LogP contribution in [0.15, 0.2) is 34.7 Å². The summed E-state index contributed by atoms with van der Waals surface area (Å²) in [6.07, 6.45) is -0.225. The van der Waals surface area contributed by atoms with Crippen molar-refractivity contribution in [1.82, 2.24) is 10.2 Å². The number of aliphatic hydroxyl groups is 1. The highest BCUT2D eigenvalue weighted by Gasteiger charge is 2.23. The number of aromatic nitrogens is 2. The van der Waals surface area contributed by atoms with Crippen LogP contribution in [0.1, 0.15) is 32.3 Å². The van der Waals surface area contributed by atoms with E-state index in [1.54, 1.807) is 0 Å². The largest absolute Gasteiger partial charge is 0.418 e. The highest BCUT2D eigenvalue weighted by atomic mass is 35.5. The fourth-order valence-corrected chi connectivity index (χ4v) is 1.91. The van der Waals surface area contributed by atoms with E-state index in [0.29, 0.717) is 18.2 Å². The number of hydrogen-bond donors (Lipinski definition) is 2. The van der Waals surface area contributed by atoms with Gasteiger partial charge in [0, 0.05) is 11.6 Å². The van der Waals surface area contributed by atoms with Crippen LogP contribution in [0.25, 0.3) is 11.5 Å². The number of nitrogens with two attached hydrogens (primary N) is 1. The van der Waals surface area contributed by atoms with Gasteiger partial charge in [0.25, 0.3) is 0 Å². The number of rotatable bonds is 5. The van der Waals surface area contributed by atoms with Gasteiger partial charge in [0.2, 0.25) is 11.8 Å². The molecule has 2 aromatic rings. The molecule has 3 N–H and O–H groups in total. The van der Waals surface area contributed by atoms with Gasteiger partial charge in [-0.3, -0.25) is 0 Å². The van der Waals surface area contributed by atoms with Gasteiger partial charge in [0.05, 0.1) is 0 Å². The van der Waals surface area contributed by atoms with Crippen LogP contribution in [0.3, 0.4) is 0 Å². The van der Waals surface area contributed by atoms with Crippen LogP contribution in [0.4, 0.5) is 0 Å². The van der Waals surface area contributed by atoms with Crippen molar-refractivity contribution in [3.05, 3.63) is 36.2 Å². The predicted molar refractivity (Wildman–Crippen MR) is 79.4 cm³/mol. The van der Waals surface area contributed by atoms with Gasteiger partial charge in [-0.1, -0.05) is 32.0 Å². The van der Waals surface area contributed by atoms with Gasteiger partial charge < -0.3 is 15.3 Å². The first-order valence-corrected chi connectivity index (χ1v) is 6.40. The van der Waals surface area contributed by atoms with Gasteiger partial charge in [-0.2, -0.15) is 0 Å². The Hall–Kier alpha value is -1.43. The number of halogens is 1. The van der Waals surface area contributed by atoms with Crippen molar-refractivity contribution in [2.24, 2.45) is 11.7 Å². The maximum Gasteiger partial charge on any atom is 0.247 e. The molecule has 110 valence electrons. The number of aliphatic hydroxyl groups excluding tert-OH is 1. The zero-order valence-electron chi connectivity index (χ0n) is 11.6. The zero-order chi connectivity index (χ0) is 13.8. The Labute approximate surface area is 124 Å². The van der Waals surface area contributed by atoms with Crippen LogP contribution >= 0.6 is 12.4 Å². The average Bonchev–Trinajstić information content (AvgIpc) is 2.87. The molecule has 1 aromatic carbocycles. The van der Waals surface area contributed by atoms with E-state index in [1.165, 1.54) is 0 Å². The Morgan fingerprint density at radius 3 is 2.45 bits per heavy atom. The summed E-state index contributed by atoms with van der Waals surface area (Å²) < 4.78 is 5.48. The summed E-state index contributed by atoms with van der Waals surface area (Å²) in [5.41, 5.74) is 6.75. The smallest absolute Gasteiger partial charge is 0.247 e. The van der Waals surface area contributed by atoms with E-state index in [0.717, 1.165) is 5.56 Å². The minimum Gasteiger partial charge on any atom is -0.418 e. The number of benzene rings is 1. The maximum absolute atomic E-state index is 10.1. The number of hydrogen-bond acceptors (Lipinski definition) is 5. The third-order valence-electron chi connectivity index (χ3n) is 2.86. The molecule has 2 rings (SSSR count). The molecule has 0 spiro atoms. The lowest BCUT2D eigenvalue weighted by molar-refractivity contribution is 0.107. The molecule has 1 aromatic heterocycles. The summed E-state index contributed by atoms with van der Waals surface area (Å²) in [6.45, 7) is 4.10. The van der Waals surface area contributed by atoms with E-state index in [2.05, 4.69) is 24.0 Å². The van der Waals surface area contributed by atoms with Crippen LogP contribution < -0.4 is 5.73 Å². The predicted octanol–water partition coefficient (Wildman–Crippen LogP) is 2.57. The van der Waals surface area contributed by atoms with Gasteiger partial charge in [-0.05, 0) is 24.5 Å². The zero-order valence-corrected chi connectivity index (χ0v) is 12.4. The van der Waals surface area contributed by atoms with E-state index in [9.17, 15) is 5.11 Å².